The van der Waals surface area contributed by atoms with Gasteiger partial charge in [-0.2, -0.15) is 0 Å². The van der Waals surface area contributed by atoms with Crippen LogP contribution in [0.5, 0.6) is 0 Å². The Balaban J connectivity index is 1.62. The van der Waals surface area contributed by atoms with Crippen molar-refractivity contribution in [2.75, 3.05) is 5.32 Å². The standard InChI is InChI=1S/C29H23NO4/c1-20-16-18-21(19-17-20)26(31)27(22-10-4-2-5-11-22)34-29(33)24-14-8-9-15-25(24)30-28(32)23-12-6-3-7-13-23/h2-19,27H,1H3,(H,30,32)/t27-/m0/s1. The highest BCUT2D eigenvalue weighted by Gasteiger charge is 2.28. The van der Waals surface area contributed by atoms with Crippen LogP contribution in [0.1, 0.15) is 48.3 Å². The van der Waals surface area contributed by atoms with E-state index in [1.807, 2.05) is 31.2 Å². The first-order chi connectivity index (χ1) is 16.5. The third-order valence-electron chi connectivity index (χ3n) is 5.33. The van der Waals surface area contributed by atoms with Crippen LogP contribution in [0.4, 0.5) is 5.69 Å². The number of Topliss-reactive ketones (excluding diaryl/α,β-unsaturated/α-hetero) is 1. The number of ketones is 1. The summed E-state index contributed by atoms with van der Waals surface area (Å²) in [7, 11) is 0. The molecule has 0 aliphatic heterocycles. The van der Waals surface area contributed by atoms with Crippen LogP contribution in [0, 0.1) is 6.92 Å². The Kier molecular flexibility index (Phi) is 6.94. The van der Waals surface area contributed by atoms with Crippen LogP contribution in [0.15, 0.2) is 109 Å². The molecule has 0 aliphatic carbocycles. The van der Waals surface area contributed by atoms with E-state index in [1.165, 1.54) is 0 Å². The smallest absolute Gasteiger partial charge is 0.341 e. The lowest BCUT2D eigenvalue weighted by Crippen LogP contribution is -2.22. The first-order valence-electron chi connectivity index (χ1n) is 10.8. The molecule has 34 heavy (non-hydrogen) atoms. The van der Waals surface area contributed by atoms with Gasteiger partial charge in [0.15, 0.2) is 6.10 Å². The molecule has 1 atom stereocenters. The summed E-state index contributed by atoms with van der Waals surface area (Å²) in [6.45, 7) is 1.93. The van der Waals surface area contributed by atoms with Crippen molar-refractivity contribution in [1.29, 1.82) is 0 Å². The molecule has 4 aromatic carbocycles. The van der Waals surface area contributed by atoms with Crippen molar-refractivity contribution in [1.82, 2.24) is 0 Å². The molecule has 5 nitrogen and oxygen atoms in total. The van der Waals surface area contributed by atoms with Crippen molar-refractivity contribution < 1.29 is 19.1 Å². The highest BCUT2D eigenvalue weighted by atomic mass is 16.5. The van der Waals surface area contributed by atoms with Gasteiger partial charge in [-0.3, -0.25) is 9.59 Å². The molecule has 1 amide bonds. The van der Waals surface area contributed by atoms with E-state index in [0.29, 0.717) is 22.4 Å². The number of carbonyl (C=O) groups is 3. The zero-order chi connectivity index (χ0) is 23.9. The van der Waals surface area contributed by atoms with Gasteiger partial charge in [0.25, 0.3) is 5.91 Å². The fraction of sp³-hybridized carbons (Fsp3) is 0.0690. The molecule has 5 heteroatoms. The third-order valence-corrected chi connectivity index (χ3v) is 5.33. The molecule has 0 saturated heterocycles. The summed E-state index contributed by atoms with van der Waals surface area (Å²) in [6.07, 6.45) is -1.13. The van der Waals surface area contributed by atoms with Gasteiger partial charge in [-0.15, -0.1) is 0 Å². The summed E-state index contributed by atoms with van der Waals surface area (Å²) in [5.74, 6) is -1.39. The van der Waals surface area contributed by atoms with Crippen molar-refractivity contribution in [2.45, 2.75) is 13.0 Å². The van der Waals surface area contributed by atoms with Crippen molar-refractivity contribution >= 4 is 23.3 Å². The molecule has 1 N–H and O–H groups in total. The predicted octanol–water partition coefficient (Wildman–Crippen LogP) is 6.03. The van der Waals surface area contributed by atoms with Crippen LogP contribution >= 0.6 is 0 Å². The number of hydrogen-bond acceptors (Lipinski definition) is 4. The van der Waals surface area contributed by atoms with Crippen molar-refractivity contribution in [3.63, 3.8) is 0 Å². The SMILES string of the molecule is Cc1ccc(C(=O)[C@@H](OC(=O)c2ccccc2NC(=O)c2ccccc2)c2ccccc2)cc1. The van der Waals surface area contributed by atoms with Gasteiger partial charge in [-0.25, -0.2) is 4.79 Å². The largest absolute Gasteiger partial charge is 0.445 e. The van der Waals surface area contributed by atoms with Crippen molar-refractivity contribution in [2.24, 2.45) is 0 Å². The molecule has 0 unspecified atom stereocenters. The van der Waals surface area contributed by atoms with Crippen LogP contribution < -0.4 is 5.32 Å². The maximum Gasteiger partial charge on any atom is 0.341 e. The average Bonchev–Trinajstić information content (AvgIpc) is 2.88. The molecule has 0 saturated carbocycles. The minimum atomic E-state index is -1.13. The van der Waals surface area contributed by atoms with E-state index in [9.17, 15) is 14.4 Å². The van der Waals surface area contributed by atoms with E-state index in [4.69, 9.17) is 4.74 Å². The second-order valence-electron chi connectivity index (χ2n) is 7.79. The Morgan fingerprint density at radius 2 is 1.26 bits per heavy atom. The van der Waals surface area contributed by atoms with Gasteiger partial charge >= 0.3 is 5.97 Å². The van der Waals surface area contributed by atoms with E-state index in [1.54, 1.807) is 84.9 Å². The maximum absolute atomic E-state index is 13.3. The van der Waals surface area contributed by atoms with Crippen LogP contribution in [0.3, 0.4) is 0 Å². The van der Waals surface area contributed by atoms with Gasteiger partial charge < -0.3 is 10.1 Å². The molecule has 0 spiro atoms. The molecule has 0 radical (unpaired) electrons. The topological polar surface area (TPSA) is 72.5 Å². The number of aryl methyl sites for hydroxylation is 1. The van der Waals surface area contributed by atoms with E-state index in [2.05, 4.69) is 5.32 Å². The van der Waals surface area contributed by atoms with E-state index >= 15 is 0 Å². The maximum atomic E-state index is 13.3. The molecule has 4 aromatic rings. The summed E-state index contributed by atoms with van der Waals surface area (Å²) in [4.78, 5) is 39.2. The molecule has 4 rings (SSSR count). The molecule has 0 fully saturated rings. The highest BCUT2D eigenvalue weighted by Crippen LogP contribution is 2.26. The summed E-state index contributed by atoms with van der Waals surface area (Å²) < 4.78 is 5.76. The van der Waals surface area contributed by atoms with Gasteiger partial charge in [0, 0.05) is 16.7 Å². The Labute approximate surface area is 198 Å². The average molecular weight is 450 g/mol. The normalized spacial score (nSPS) is 11.3. The van der Waals surface area contributed by atoms with Crippen molar-refractivity contribution in [3.05, 3.63) is 137 Å². The quantitative estimate of drug-likeness (QED) is 0.276. The lowest BCUT2D eigenvalue weighted by atomic mass is 9.99. The van der Waals surface area contributed by atoms with Gasteiger partial charge in [-0.05, 0) is 31.2 Å². The fourth-order valence-electron chi connectivity index (χ4n) is 3.49. The van der Waals surface area contributed by atoms with Crippen LogP contribution in [0.2, 0.25) is 0 Å². The molecule has 0 aromatic heterocycles. The minimum Gasteiger partial charge on any atom is -0.445 e. The van der Waals surface area contributed by atoms with Gasteiger partial charge in [0.2, 0.25) is 5.78 Å². The number of hydrogen-bond donors (Lipinski definition) is 1. The Hall–Kier alpha value is -4.51. The first-order valence-corrected chi connectivity index (χ1v) is 10.8. The molecular formula is C29H23NO4. The summed E-state index contributed by atoms with van der Waals surface area (Å²) >= 11 is 0. The van der Waals surface area contributed by atoms with Gasteiger partial charge in [-0.1, -0.05) is 90.5 Å². The predicted molar refractivity (Wildman–Crippen MR) is 131 cm³/mol. The monoisotopic (exact) mass is 449 g/mol. The Morgan fingerprint density at radius 3 is 1.94 bits per heavy atom. The summed E-state index contributed by atoms with van der Waals surface area (Å²) in [6, 6.07) is 31.3. The van der Waals surface area contributed by atoms with Gasteiger partial charge in [0.1, 0.15) is 0 Å². The molecule has 0 aliphatic rings. The second kappa shape index (κ2) is 10.4. The van der Waals surface area contributed by atoms with E-state index < -0.39 is 12.1 Å². The zero-order valence-corrected chi connectivity index (χ0v) is 18.6. The number of benzene rings is 4. The van der Waals surface area contributed by atoms with Gasteiger partial charge in [0.05, 0.1) is 11.3 Å². The molecule has 0 heterocycles. The first kappa shape index (κ1) is 22.7. The van der Waals surface area contributed by atoms with Crippen LogP contribution in [-0.4, -0.2) is 17.7 Å². The van der Waals surface area contributed by atoms with E-state index in [0.717, 1.165) is 5.56 Å². The summed E-state index contributed by atoms with van der Waals surface area (Å²) in [5.41, 5.74) is 2.95. The minimum absolute atomic E-state index is 0.157. The zero-order valence-electron chi connectivity index (χ0n) is 18.6. The number of anilines is 1. The highest BCUT2D eigenvalue weighted by molar-refractivity contribution is 6.08. The number of rotatable bonds is 7. The van der Waals surface area contributed by atoms with Crippen LogP contribution in [0.25, 0.3) is 0 Å². The number of amides is 1. The van der Waals surface area contributed by atoms with E-state index in [-0.39, 0.29) is 17.3 Å². The lowest BCUT2D eigenvalue weighted by molar-refractivity contribution is 0.0281. The second-order valence-corrected chi connectivity index (χ2v) is 7.79. The molecule has 168 valence electrons. The molecule has 0 bridgehead atoms. The molecular weight excluding hydrogens is 426 g/mol. The van der Waals surface area contributed by atoms with Crippen molar-refractivity contribution in [3.8, 4) is 0 Å². The third kappa shape index (κ3) is 5.27. The Morgan fingerprint density at radius 1 is 0.676 bits per heavy atom. The van der Waals surface area contributed by atoms with Crippen LogP contribution in [-0.2, 0) is 4.74 Å². The fourth-order valence-corrected chi connectivity index (χ4v) is 3.49. The lowest BCUT2D eigenvalue weighted by Gasteiger charge is -2.19. The number of esters is 1. The summed E-state index contributed by atoms with van der Waals surface area (Å²) in [5, 5.41) is 2.76. The Bertz CT molecular complexity index is 1300. The number of ether oxygens (including phenoxy) is 1. The number of para-hydroxylation sites is 1. The number of carbonyl (C=O) groups excluding carboxylic acids is 3. The number of nitrogens with one attached hydrogen (secondary N) is 1.